The summed E-state index contributed by atoms with van der Waals surface area (Å²) in [5.41, 5.74) is 0. The van der Waals surface area contributed by atoms with Gasteiger partial charge in [0.15, 0.2) is 0 Å². The van der Waals surface area contributed by atoms with E-state index in [0.717, 1.165) is 6.04 Å². The molecule has 0 radical (unpaired) electrons. The van der Waals surface area contributed by atoms with Crippen LogP contribution in [0.2, 0.25) is 0 Å². The van der Waals surface area contributed by atoms with Gasteiger partial charge in [-0.2, -0.15) is 11.8 Å². The number of rotatable bonds is 4. The summed E-state index contributed by atoms with van der Waals surface area (Å²) in [6.07, 6.45) is 2.53. The monoisotopic (exact) mass is 241 g/mol. The van der Waals surface area contributed by atoms with E-state index in [2.05, 4.69) is 43.1 Å². The Morgan fingerprint density at radius 1 is 1.53 bits per heavy atom. The van der Waals surface area contributed by atoms with Gasteiger partial charge in [0.25, 0.3) is 0 Å². The Labute approximate surface area is 101 Å². The predicted octanol–water partition coefficient (Wildman–Crippen LogP) is 3.08. The highest BCUT2D eigenvalue weighted by Gasteiger charge is 2.17. The first-order valence-corrected chi connectivity index (χ1v) is 7.60. The molecule has 1 saturated heterocycles. The Morgan fingerprint density at radius 3 is 3.00 bits per heavy atom. The summed E-state index contributed by atoms with van der Waals surface area (Å²) in [4.78, 5) is 2.94. The number of hydrogen-bond donors (Lipinski definition) is 1. The molecule has 1 aliphatic heterocycles. The molecular formula is C12H19NS2. The van der Waals surface area contributed by atoms with Crippen molar-refractivity contribution < 1.29 is 0 Å². The first-order chi connectivity index (χ1) is 7.24. The van der Waals surface area contributed by atoms with E-state index in [1.807, 2.05) is 11.3 Å². The van der Waals surface area contributed by atoms with Gasteiger partial charge >= 0.3 is 0 Å². The third-order valence-electron chi connectivity index (χ3n) is 2.75. The lowest BCUT2D eigenvalue weighted by Crippen LogP contribution is -2.37. The van der Waals surface area contributed by atoms with Gasteiger partial charge in [-0.3, -0.25) is 0 Å². The van der Waals surface area contributed by atoms with Crippen molar-refractivity contribution in [3.63, 3.8) is 0 Å². The van der Waals surface area contributed by atoms with E-state index in [1.54, 1.807) is 0 Å². The van der Waals surface area contributed by atoms with Crippen LogP contribution in [0.1, 0.15) is 23.1 Å². The van der Waals surface area contributed by atoms with Crippen molar-refractivity contribution in [2.45, 2.75) is 38.8 Å². The zero-order valence-electron chi connectivity index (χ0n) is 9.45. The quantitative estimate of drug-likeness (QED) is 0.869. The van der Waals surface area contributed by atoms with Crippen molar-refractivity contribution in [1.82, 2.24) is 5.32 Å². The Kier molecular flexibility index (Phi) is 4.12. The maximum absolute atomic E-state index is 3.72. The van der Waals surface area contributed by atoms with Crippen LogP contribution in [0.5, 0.6) is 0 Å². The summed E-state index contributed by atoms with van der Waals surface area (Å²) >= 11 is 4.00. The fourth-order valence-corrected chi connectivity index (χ4v) is 4.21. The smallest absolute Gasteiger partial charge is 0.0168 e. The van der Waals surface area contributed by atoms with Crippen LogP contribution in [0, 0.1) is 6.92 Å². The van der Waals surface area contributed by atoms with Crippen LogP contribution in [-0.4, -0.2) is 23.6 Å². The molecule has 1 N–H and O–H groups in total. The van der Waals surface area contributed by atoms with Crippen molar-refractivity contribution in [2.24, 2.45) is 0 Å². The minimum Gasteiger partial charge on any atom is -0.310 e. The summed E-state index contributed by atoms with van der Waals surface area (Å²) in [6, 6.07) is 5.86. The molecule has 2 atom stereocenters. The van der Waals surface area contributed by atoms with E-state index in [-0.39, 0.29) is 0 Å². The molecule has 0 spiro atoms. The van der Waals surface area contributed by atoms with Crippen molar-refractivity contribution >= 4 is 23.1 Å². The molecular weight excluding hydrogens is 222 g/mol. The highest BCUT2D eigenvalue weighted by atomic mass is 32.2. The fraction of sp³-hybridized carbons (Fsp3) is 0.667. The van der Waals surface area contributed by atoms with E-state index in [0.29, 0.717) is 6.04 Å². The van der Waals surface area contributed by atoms with Crippen molar-refractivity contribution in [1.29, 1.82) is 0 Å². The Balaban J connectivity index is 1.78. The van der Waals surface area contributed by atoms with E-state index >= 15 is 0 Å². The van der Waals surface area contributed by atoms with Gasteiger partial charge in [-0.15, -0.1) is 11.3 Å². The molecule has 15 heavy (non-hydrogen) atoms. The van der Waals surface area contributed by atoms with Gasteiger partial charge < -0.3 is 5.32 Å². The van der Waals surface area contributed by atoms with Crippen LogP contribution < -0.4 is 5.32 Å². The Morgan fingerprint density at radius 2 is 2.40 bits per heavy atom. The first-order valence-electron chi connectivity index (χ1n) is 5.63. The number of aryl methyl sites for hydroxylation is 1. The highest BCUT2D eigenvalue weighted by molar-refractivity contribution is 7.99. The van der Waals surface area contributed by atoms with Gasteiger partial charge in [0.2, 0.25) is 0 Å². The van der Waals surface area contributed by atoms with Crippen LogP contribution in [0.4, 0.5) is 0 Å². The second kappa shape index (κ2) is 5.37. The lowest BCUT2D eigenvalue weighted by molar-refractivity contribution is 0.472. The number of thiophene rings is 1. The summed E-state index contributed by atoms with van der Waals surface area (Å²) < 4.78 is 0. The molecule has 1 aliphatic rings. The zero-order valence-corrected chi connectivity index (χ0v) is 11.1. The normalized spacial score (nSPS) is 23.2. The zero-order chi connectivity index (χ0) is 10.7. The first kappa shape index (κ1) is 11.5. The molecule has 2 heterocycles. The van der Waals surface area contributed by atoms with Gasteiger partial charge in [-0.05, 0) is 44.6 Å². The third kappa shape index (κ3) is 3.51. The largest absolute Gasteiger partial charge is 0.310 e. The molecule has 84 valence electrons. The molecule has 0 bridgehead atoms. The van der Waals surface area contributed by atoms with E-state index < -0.39 is 0 Å². The van der Waals surface area contributed by atoms with Gasteiger partial charge in [0, 0.05) is 27.6 Å². The summed E-state index contributed by atoms with van der Waals surface area (Å²) in [7, 11) is 0. The lowest BCUT2D eigenvalue weighted by Gasteiger charge is -2.17. The van der Waals surface area contributed by atoms with Crippen LogP contribution in [0.15, 0.2) is 12.1 Å². The molecule has 3 heteroatoms. The number of thioether (sulfide) groups is 1. The lowest BCUT2D eigenvalue weighted by atomic mass is 10.1. The van der Waals surface area contributed by atoms with Gasteiger partial charge in [-0.1, -0.05) is 0 Å². The van der Waals surface area contributed by atoms with Crippen molar-refractivity contribution in [3.8, 4) is 0 Å². The highest BCUT2D eigenvalue weighted by Crippen LogP contribution is 2.20. The van der Waals surface area contributed by atoms with E-state index in [9.17, 15) is 0 Å². The minimum atomic E-state index is 0.617. The molecule has 1 nitrogen and oxygen atoms in total. The SMILES string of the molecule is Cc1ccc(CC(C)NC2CCSC2)s1. The molecule has 0 aromatic carbocycles. The predicted molar refractivity (Wildman–Crippen MR) is 71.1 cm³/mol. The second-order valence-electron chi connectivity index (χ2n) is 4.34. The molecule has 2 rings (SSSR count). The molecule has 2 unspecified atom stereocenters. The molecule has 0 saturated carbocycles. The average Bonchev–Trinajstić information content (AvgIpc) is 2.77. The third-order valence-corrected chi connectivity index (χ3v) is 4.94. The average molecular weight is 241 g/mol. The Bertz CT molecular complexity index is 302. The van der Waals surface area contributed by atoms with Crippen molar-refractivity contribution in [2.75, 3.05) is 11.5 Å². The van der Waals surface area contributed by atoms with Gasteiger partial charge in [0.05, 0.1) is 0 Å². The number of hydrogen-bond acceptors (Lipinski definition) is 3. The standard InChI is InChI=1S/C12H19NS2/c1-9(13-11-5-6-14-8-11)7-12-4-3-10(2)15-12/h3-4,9,11,13H,5-8H2,1-2H3. The van der Waals surface area contributed by atoms with Crippen LogP contribution >= 0.6 is 23.1 Å². The minimum absolute atomic E-state index is 0.617. The molecule has 0 amide bonds. The fourth-order valence-electron chi connectivity index (χ4n) is 2.02. The van der Waals surface area contributed by atoms with Crippen LogP contribution in [-0.2, 0) is 6.42 Å². The van der Waals surface area contributed by atoms with Gasteiger partial charge in [0.1, 0.15) is 0 Å². The maximum atomic E-state index is 3.72. The molecule has 0 aliphatic carbocycles. The summed E-state index contributed by atoms with van der Waals surface area (Å²) in [6.45, 7) is 4.48. The topological polar surface area (TPSA) is 12.0 Å². The number of nitrogens with one attached hydrogen (secondary N) is 1. The molecule has 1 aromatic heterocycles. The van der Waals surface area contributed by atoms with E-state index in [1.165, 1.54) is 34.1 Å². The molecule has 1 fully saturated rings. The van der Waals surface area contributed by atoms with Crippen LogP contribution in [0.3, 0.4) is 0 Å². The second-order valence-corrected chi connectivity index (χ2v) is 6.87. The van der Waals surface area contributed by atoms with Gasteiger partial charge in [-0.25, -0.2) is 0 Å². The summed E-state index contributed by atoms with van der Waals surface area (Å²) in [5, 5.41) is 3.72. The maximum Gasteiger partial charge on any atom is 0.0168 e. The Hall–Kier alpha value is 0.01000. The van der Waals surface area contributed by atoms with Crippen molar-refractivity contribution in [3.05, 3.63) is 21.9 Å². The van der Waals surface area contributed by atoms with E-state index in [4.69, 9.17) is 0 Å². The van der Waals surface area contributed by atoms with Crippen LogP contribution in [0.25, 0.3) is 0 Å². The summed E-state index contributed by atoms with van der Waals surface area (Å²) in [5.74, 6) is 2.64. The molecule has 1 aromatic rings.